The zero-order chi connectivity index (χ0) is 14.2. The maximum Gasteiger partial charge on any atom is 0.215 e. The summed E-state index contributed by atoms with van der Waals surface area (Å²) in [5, 5.41) is -0.462. The number of unbranched alkanes of at least 4 members (excludes halogenated alkanes) is 1. The molecule has 0 saturated carbocycles. The normalized spacial score (nSPS) is 14.4. The van der Waals surface area contributed by atoms with Crippen molar-refractivity contribution in [2.75, 3.05) is 26.7 Å². The molecule has 0 spiro atoms. The molecule has 5 nitrogen and oxygen atoms in total. The Labute approximate surface area is 112 Å². The second-order valence-electron chi connectivity index (χ2n) is 4.99. The molecule has 0 aromatic carbocycles. The number of rotatable bonds is 10. The summed E-state index contributed by atoms with van der Waals surface area (Å²) in [5.41, 5.74) is 5.45. The zero-order valence-corrected chi connectivity index (χ0v) is 13.0. The topological polar surface area (TPSA) is 75.4 Å². The molecule has 0 fully saturated rings. The lowest BCUT2D eigenvalue weighted by molar-refractivity contribution is 0.268. The maximum absolute atomic E-state index is 11.8. The Morgan fingerprint density at radius 3 is 2.33 bits per heavy atom. The Morgan fingerprint density at radius 2 is 1.89 bits per heavy atom. The zero-order valence-electron chi connectivity index (χ0n) is 12.1. The van der Waals surface area contributed by atoms with E-state index in [-0.39, 0.29) is 6.54 Å². The monoisotopic (exact) mass is 279 g/mol. The van der Waals surface area contributed by atoms with Crippen molar-refractivity contribution in [3.8, 4) is 0 Å². The van der Waals surface area contributed by atoms with Crippen molar-refractivity contribution in [3.05, 3.63) is 0 Å². The van der Waals surface area contributed by atoms with Crippen LogP contribution in [0.4, 0.5) is 0 Å². The van der Waals surface area contributed by atoms with Crippen molar-refractivity contribution < 1.29 is 8.42 Å². The Bertz CT molecular complexity index is 300. The molecule has 1 atom stereocenters. The number of hydrogen-bond acceptors (Lipinski definition) is 4. The molecule has 18 heavy (non-hydrogen) atoms. The Balaban J connectivity index is 3.85. The van der Waals surface area contributed by atoms with E-state index < -0.39 is 15.3 Å². The van der Waals surface area contributed by atoms with Gasteiger partial charge in [-0.3, -0.25) is 0 Å². The average molecular weight is 279 g/mol. The second-order valence-corrected chi connectivity index (χ2v) is 7.03. The van der Waals surface area contributed by atoms with Gasteiger partial charge in [0.15, 0.2) is 0 Å². The second kappa shape index (κ2) is 8.85. The number of sulfonamides is 1. The third-order valence-electron chi connectivity index (χ3n) is 3.28. The van der Waals surface area contributed by atoms with Gasteiger partial charge < -0.3 is 10.6 Å². The van der Waals surface area contributed by atoms with E-state index in [4.69, 9.17) is 5.73 Å². The molecule has 0 rings (SSSR count). The summed E-state index contributed by atoms with van der Waals surface area (Å²) in [6.07, 6.45) is 2.41. The Morgan fingerprint density at radius 1 is 1.28 bits per heavy atom. The smallest absolute Gasteiger partial charge is 0.215 e. The summed E-state index contributed by atoms with van der Waals surface area (Å²) in [6.45, 7) is 7.82. The molecule has 3 N–H and O–H groups in total. The molecule has 0 radical (unpaired) electrons. The van der Waals surface area contributed by atoms with Crippen LogP contribution in [-0.4, -0.2) is 51.3 Å². The van der Waals surface area contributed by atoms with Gasteiger partial charge >= 0.3 is 0 Å². The highest BCUT2D eigenvalue weighted by Crippen LogP contribution is 2.03. The summed E-state index contributed by atoms with van der Waals surface area (Å²) in [7, 11) is -1.15. The van der Waals surface area contributed by atoms with E-state index in [9.17, 15) is 8.42 Å². The molecule has 0 aliphatic rings. The van der Waals surface area contributed by atoms with Gasteiger partial charge in [0.1, 0.15) is 0 Å². The van der Waals surface area contributed by atoms with Crippen LogP contribution < -0.4 is 10.5 Å². The van der Waals surface area contributed by atoms with E-state index in [0.717, 1.165) is 19.4 Å². The predicted molar refractivity (Wildman–Crippen MR) is 77.1 cm³/mol. The minimum absolute atomic E-state index is 0.182. The molecule has 0 aliphatic carbocycles. The molecule has 0 heterocycles. The van der Waals surface area contributed by atoms with Crippen LogP contribution >= 0.6 is 0 Å². The summed E-state index contributed by atoms with van der Waals surface area (Å²) >= 11 is 0. The van der Waals surface area contributed by atoms with Gasteiger partial charge in [-0.1, -0.05) is 6.92 Å². The molecule has 6 heteroatoms. The maximum atomic E-state index is 11.8. The molecule has 0 aromatic rings. The first kappa shape index (κ1) is 17.8. The predicted octanol–water partition coefficient (Wildman–Crippen LogP) is 0.764. The number of nitrogens with two attached hydrogens (primary N) is 1. The van der Waals surface area contributed by atoms with Gasteiger partial charge in [0.2, 0.25) is 10.0 Å². The molecular weight excluding hydrogens is 250 g/mol. The SMILES string of the molecule is CCC(CN)S(=O)(=O)NCCCCN(C)C(C)C. The van der Waals surface area contributed by atoms with Crippen molar-refractivity contribution in [3.63, 3.8) is 0 Å². The molecule has 1 unspecified atom stereocenters. The van der Waals surface area contributed by atoms with Gasteiger partial charge in [0, 0.05) is 19.1 Å². The van der Waals surface area contributed by atoms with E-state index in [1.54, 1.807) is 0 Å². The summed E-state index contributed by atoms with van der Waals surface area (Å²) < 4.78 is 26.2. The molecule has 0 aromatic heterocycles. The first-order chi connectivity index (χ1) is 8.35. The molecule has 110 valence electrons. The quantitative estimate of drug-likeness (QED) is 0.579. The van der Waals surface area contributed by atoms with Gasteiger partial charge in [-0.05, 0) is 46.7 Å². The van der Waals surface area contributed by atoms with Gasteiger partial charge in [-0.25, -0.2) is 13.1 Å². The van der Waals surface area contributed by atoms with E-state index in [1.165, 1.54) is 0 Å². The molecule has 0 amide bonds. The number of nitrogens with zero attached hydrogens (tertiary/aromatic N) is 1. The van der Waals surface area contributed by atoms with E-state index in [2.05, 4.69) is 30.5 Å². The Kier molecular flexibility index (Phi) is 8.77. The summed E-state index contributed by atoms with van der Waals surface area (Å²) in [6, 6.07) is 0.531. The van der Waals surface area contributed by atoms with Gasteiger partial charge in [-0.2, -0.15) is 0 Å². The molecule has 0 aliphatic heterocycles. The first-order valence-electron chi connectivity index (χ1n) is 6.73. The highest BCUT2D eigenvalue weighted by Gasteiger charge is 2.21. The van der Waals surface area contributed by atoms with Crippen molar-refractivity contribution in [2.45, 2.75) is 51.3 Å². The lowest BCUT2D eigenvalue weighted by Gasteiger charge is -2.20. The number of nitrogens with one attached hydrogen (secondary N) is 1. The fourth-order valence-electron chi connectivity index (χ4n) is 1.59. The van der Waals surface area contributed by atoms with Crippen LogP contribution in [0.2, 0.25) is 0 Å². The highest BCUT2D eigenvalue weighted by atomic mass is 32.2. The third kappa shape index (κ3) is 6.68. The third-order valence-corrected chi connectivity index (χ3v) is 5.29. The Hall–Kier alpha value is -0.170. The fourth-order valence-corrected chi connectivity index (χ4v) is 2.95. The van der Waals surface area contributed by atoms with E-state index in [0.29, 0.717) is 19.0 Å². The van der Waals surface area contributed by atoms with Crippen LogP contribution in [0.3, 0.4) is 0 Å². The van der Waals surface area contributed by atoms with Crippen LogP contribution in [0.25, 0.3) is 0 Å². The lowest BCUT2D eigenvalue weighted by atomic mass is 10.2. The highest BCUT2D eigenvalue weighted by molar-refractivity contribution is 7.90. The molecule has 0 bridgehead atoms. The minimum Gasteiger partial charge on any atom is -0.329 e. The summed E-state index contributed by atoms with van der Waals surface area (Å²) in [5.74, 6) is 0. The van der Waals surface area contributed by atoms with E-state index >= 15 is 0 Å². The molecular formula is C12H29N3O2S. The van der Waals surface area contributed by atoms with Gasteiger partial charge in [0.05, 0.1) is 5.25 Å². The van der Waals surface area contributed by atoms with Crippen molar-refractivity contribution in [1.82, 2.24) is 9.62 Å². The van der Waals surface area contributed by atoms with Gasteiger partial charge in [-0.15, -0.1) is 0 Å². The van der Waals surface area contributed by atoms with Crippen molar-refractivity contribution >= 4 is 10.0 Å². The molecule has 0 saturated heterocycles. The van der Waals surface area contributed by atoms with Crippen molar-refractivity contribution in [1.29, 1.82) is 0 Å². The van der Waals surface area contributed by atoms with Crippen LogP contribution in [0.1, 0.15) is 40.0 Å². The first-order valence-corrected chi connectivity index (χ1v) is 8.28. The number of hydrogen-bond donors (Lipinski definition) is 2. The van der Waals surface area contributed by atoms with Gasteiger partial charge in [0.25, 0.3) is 0 Å². The fraction of sp³-hybridized carbons (Fsp3) is 1.00. The van der Waals surface area contributed by atoms with Crippen LogP contribution in [0, 0.1) is 0 Å². The van der Waals surface area contributed by atoms with Crippen LogP contribution in [0.15, 0.2) is 0 Å². The van der Waals surface area contributed by atoms with E-state index in [1.807, 2.05) is 6.92 Å². The van der Waals surface area contributed by atoms with Crippen LogP contribution in [-0.2, 0) is 10.0 Å². The standard InChI is InChI=1S/C12H29N3O2S/c1-5-12(10-13)18(16,17)14-8-6-7-9-15(4)11(2)3/h11-12,14H,5-10,13H2,1-4H3. The largest absolute Gasteiger partial charge is 0.329 e. The van der Waals surface area contributed by atoms with Crippen molar-refractivity contribution in [2.24, 2.45) is 5.73 Å². The minimum atomic E-state index is -3.23. The summed E-state index contributed by atoms with van der Waals surface area (Å²) in [4.78, 5) is 2.25. The lowest BCUT2D eigenvalue weighted by Crippen LogP contribution is -2.39. The van der Waals surface area contributed by atoms with Crippen LogP contribution in [0.5, 0.6) is 0 Å². The average Bonchev–Trinajstić information content (AvgIpc) is 2.29.